The van der Waals surface area contributed by atoms with E-state index in [1.54, 1.807) is 0 Å². The molecule has 1 rings (SSSR count). The van der Waals surface area contributed by atoms with Crippen LogP contribution in [0, 0.1) is 0 Å². The van der Waals surface area contributed by atoms with Crippen LogP contribution in [-0.4, -0.2) is 16.6 Å². The summed E-state index contributed by atoms with van der Waals surface area (Å²) in [6.07, 6.45) is 2.10. The molecule has 0 aliphatic heterocycles. The van der Waals surface area contributed by atoms with Gasteiger partial charge in [0.15, 0.2) is 0 Å². The lowest BCUT2D eigenvalue weighted by Gasteiger charge is -2.25. The molecule has 18 heavy (non-hydrogen) atoms. The molecule has 1 aromatic rings. The average molecular weight is 362 g/mol. The molecule has 0 bridgehead atoms. The number of benzene rings is 1. The molecule has 0 saturated heterocycles. The second-order valence-corrected chi connectivity index (χ2v) is 6.04. The molecular weight excluding hydrogens is 339 g/mol. The number of hydrogen-bond acceptors (Lipinski definition) is 2. The molecular formula is C15H23IO2. The Balaban J connectivity index is 2.51. The molecule has 0 atom stereocenters. The van der Waals surface area contributed by atoms with Crippen molar-refractivity contribution in [3.8, 4) is 5.75 Å². The molecule has 0 amide bonds. The normalized spacial score (nSPS) is 11.6. The third kappa shape index (κ3) is 6.05. The maximum Gasteiger partial charge on any atom is 0.120 e. The van der Waals surface area contributed by atoms with Gasteiger partial charge in [0.1, 0.15) is 11.4 Å². The first-order valence-corrected chi connectivity index (χ1v) is 8.01. The van der Waals surface area contributed by atoms with Crippen molar-refractivity contribution in [3.05, 3.63) is 29.8 Å². The Morgan fingerprint density at radius 2 is 2.06 bits per heavy atom. The quantitative estimate of drug-likeness (QED) is 0.382. The van der Waals surface area contributed by atoms with E-state index < -0.39 is 0 Å². The molecule has 0 heterocycles. The standard InChI is InChI=1S/C15H23IO2/c1-4-15(2,3)18-14-8-5-7-13(11-14)12-17-10-6-9-16/h5,7-8,11H,4,6,9-10,12H2,1-3H3. The van der Waals surface area contributed by atoms with Gasteiger partial charge in [0.25, 0.3) is 0 Å². The predicted octanol–water partition coefficient (Wildman–Crippen LogP) is 4.60. The van der Waals surface area contributed by atoms with Crippen LogP contribution < -0.4 is 4.74 Å². The highest BCUT2D eigenvalue weighted by Crippen LogP contribution is 2.22. The Kier molecular flexibility index (Phi) is 7.00. The summed E-state index contributed by atoms with van der Waals surface area (Å²) in [6.45, 7) is 7.85. The van der Waals surface area contributed by atoms with E-state index >= 15 is 0 Å². The molecule has 0 unspecified atom stereocenters. The Labute approximate surface area is 124 Å². The van der Waals surface area contributed by atoms with Gasteiger partial charge in [-0.05, 0) is 44.4 Å². The third-order valence-corrected chi connectivity index (χ3v) is 3.60. The van der Waals surface area contributed by atoms with Gasteiger partial charge < -0.3 is 9.47 Å². The van der Waals surface area contributed by atoms with Crippen molar-refractivity contribution in [1.29, 1.82) is 0 Å². The first-order chi connectivity index (χ1) is 8.57. The van der Waals surface area contributed by atoms with Crippen molar-refractivity contribution in [2.24, 2.45) is 0 Å². The second-order valence-electron chi connectivity index (χ2n) is 4.96. The van der Waals surface area contributed by atoms with Crippen LogP contribution in [0.4, 0.5) is 0 Å². The van der Waals surface area contributed by atoms with Crippen LogP contribution in [0.15, 0.2) is 24.3 Å². The Morgan fingerprint density at radius 3 is 2.72 bits per heavy atom. The molecule has 102 valence electrons. The molecule has 0 N–H and O–H groups in total. The molecule has 0 fully saturated rings. The van der Waals surface area contributed by atoms with Gasteiger partial charge >= 0.3 is 0 Å². The summed E-state index contributed by atoms with van der Waals surface area (Å²) in [4.78, 5) is 0. The lowest BCUT2D eigenvalue weighted by Crippen LogP contribution is -2.26. The minimum atomic E-state index is -0.110. The fourth-order valence-electron chi connectivity index (χ4n) is 1.44. The van der Waals surface area contributed by atoms with Gasteiger partial charge in [-0.1, -0.05) is 41.6 Å². The van der Waals surface area contributed by atoms with Crippen molar-refractivity contribution in [2.75, 3.05) is 11.0 Å². The first kappa shape index (κ1) is 15.8. The predicted molar refractivity (Wildman–Crippen MR) is 84.6 cm³/mol. The summed E-state index contributed by atoms with van der Waals surface area (Å²) in [7, 11) is 0. The van der Waals surface area contributed by atoms with Crippen molar-refractivity contribution < 1.29 is 9.47 Å². The second kappa shape index (κ2) is 8.00. The van der Waals surface area contributed by atoms with E-state index in [2.05, 4.69) is 55.5 Å². The fraction of sp³-hybridized carbons (Fsp3) is 0.600. The van der Waals surface area contributed by atoms with E-state index in [0.717, 1.165) is 29.6 Å². The van der Waals surface area contributed by atoms with Gasteiger partial charge in [-0.2, -0.15) is 0 Å². The van der Waals surface area contributed by atoms with E-state index in [9.17, 15) is 0 Å². The summed E-state index contributed by atoms with van der Waals surface area (Å²) in [6, 6.07) is 8.18. The van der Waals surface area contributed by atoms with Gasteiger partial charge in [0.2, 0.25) is 0 Å². The third-order valence-electron chi connectivity index (χ3n) is 2.84. The molecule has 0 saturated carbocycles. The topological polar surface area (TPSA) is 18.5 Å². The Bertz CT molecular complexity index is 350. The van der Waals surface area contributed by atoms with Gasteiger partial charge in [-0.15, -0.1) is 0 Å². The van der Waals surface area contributed by atoms with Crippen molar-refractivity contribution >= 4 is 22.6 Å². The zero-order chi connectivity index (χ0) is 13.4. The molecule has 3 heteroatoms. The van der Waals surface area contributed by atoms with Gasteiger partial charge in [0, 0.05) is 11.0 Å². The Morgan fingerprint density at radius 1 is 1.28 bits per heavy atom. The zero-order valence-electron chi connectivity index (χ0n) is 11.5. The molecule has 0 aromatic heterocycles. The van der Waals surface area contributed by atoms with Gasteiger partial charge in [-0.25, -0.2) is 0 Å². The summed E-state index contributed by atoms with van der Waals surface area (Å²) >= 11 is 2.37. The first-order valence-electron chi connectivity index (χ1n) is 6.49. The number of halogens is 1. The van der Waals surface area contributed by atoms with Crippen LogP contribution in [0.1, 0.15) is 39.2 Å². The van der Waals surface area contributed by atoms with Crippen LogP contribution in [0.3, 0.4) is 0 Å². The molecule has 0 spiro atoms. The molecule has 0 aliphatic rings. The number of hydrogen-bond donors (Lipinski definition) is 0. The van der Waals surface area contributed by atoms with E-state index in [4.69, 9.17) is 9.47 Å². The smallest absolute Gasteiger partial charge is 0.120 e. The van der Waals surface area contributed by atoms with Crippen molar-refractivity contribution in [2.45, 2.75) is 45.8 Å². The minimum Gasteiger partial charge on any atom is -0.488 e. The highest BCUT2D eigenvalue weighted by molar-refractivity contribution is 14.1. The summed E-state index contributed by atoms with van der Waals surface area (Å²) in [5.74, 6) is 0.928. The molecule has 1 aromatic carbocycles. The van der Waals surface area contributed by atoms with E-state index in [0.29, 0.717) is 6.61 Å². The van der Waals surface area contributed by atoms with E-state index in [1.807, 2.05) is 12.1 Å². The fourth-order valence-corrected chi connectivity index (χ4v) is 1.75. The largest absolute Gasteiger partial charge is 0.488 e. The Hall–Kier alpha value is -0.290. The van der Waals surface area contributed by atoms with Crippen LogP contribution in [0.25, 0.3) is 0 Å². The SMILES string of the molecule is CCC(C)(C)Oc1cccc(COCCCI)c1. The van der Waals surface area contributed by atoms with Gasteiger partial charge in [0.05, 0.1) is 6.61 Å². The van der Waals surface area contributed by atoms with Crippen LogP contribution >= 0.6 is 22.6 Å². The lowest BCUT2D eigenvalue weighted by molar-refractivity contribution is 0.103. The number of alkyl halides is 1. The highest BCUT2D eigenvalue weighted by Gasteiger charge is 2.16. The van der Waals surface area contributed by atoms with Gasteiger partial charge in [-0.3, -0.25) is 0 Å². The number of ether oxygens (including phenoxy) is 2. The summed E-state index contributed by atoms with van der Waals surface area (Å²) in [5.41, 5.74) is 1.06. The maximum atomic E-state index is 5.96. The van der Waals surface area contributed by atoms with Crippen LogP contribution in [0.5, 0.6) is 5.75 Å². The minimum absolute atomic E-state index is 0.110. The lowest BCUT2D eigenvalue weighted by atomic mass is 10.1. The zero-order valence-corrected chi connectivity index (χ0v) is 13.7. The van der Waals surface area contributed by atoms with E-state index in [1.165, 1.54) is 5.56 Å². The molecule has 0 aliphatic carbocycles. The number of rotatable bonds is 8. The van der Waals surface area contributed by atoms with Crippen LogP contribution in [-0.2, 0) is 11.3 Å². The monoisotopic (exact) mass is 362 g/mol. The van der Waals surface area contributed by atoms with Crippen molar-refractivity contribution in [1.82, 2.24) is 0 Å². The maximum absolute atomic E-state index is 5.96. The average Bonchev–Trinajstić information content (AvgIpc) is 2.35. The highest BCUT2D eigenvalue weighted by atomic mass is 127. The molecule has 0 radical (unpaired) electrons. The van der Waals surface area contributed by atoms with Crippen molar-refractivity contribution in [3.63, 3.8) is 0 Å². The van der Waals surface area contributed by atoms with Crippen LogP contribution in [0.2, 0.25) is 0 Å². The van der Waals surface area contributed by atoms with E-state index in [-0.39, 0.29) is 5.60 Å². The molecule has 2 nitrogen and oxygen atoms in total. The summed E-state index contributed by atoms with van der Waals surface area (Å²) < 4.78 is 12.7. The summed E-state index contributed by atoms with van der Waals surface area (Å²) in [5, 5.41) is 0.